The minimum Gasteiger partial charge on any atom is -0.491 e. The number of anilines is 1. The zero-order valence-electron chi connectivity index (χ0n) is 12.0. The topological polar surface area (TPSA) is 52.0 Å². The van der Waals surface area contributed by atoms with E-state index in [0.29, 0.717) is 23.1 Å². The monoisotopic (exact) mass is 312 g/mol. The Morgan fingerprint density at radius 2 is 2.19 bits per heavy atom. The van der Waals surface area contributed by atoms with E-state index < -0.39 is 6.67 Å². The molecule has 1 heterocycles. The molecule has 0 aliphatic heterocycles. The Morgan fingerprint density at radius 1 is 1.38 bits per heavy atom. The van der Waals surface area contributed by atoms with Gasteiger partial charge in [0.25, 0.3) is 0 Å². The van der Waals surface area contributed by atoms with Gasteiger partial charge >= 0.3 is 0 Å². The summed E-state index contributed by atoms with van der Waals surface area (Å²) in [6, 6.07) is 5.42. The lowest BCUT2D eigenvalue weighted by Gasteiger charge is -2.13. The first-order valence-corrected chi connectivity index (χ1v) is 7.10. The highest BCUT2D eigenvalue weighted by Gasteiger charge is 2.06. The molecule has 1 N–H and O–H groups in total. The minimum atomic E-state index is -0.472. The molecule has 0 saturated carbocycles. The molecule has 1 aromatic carbocycles. The SMILES string of the molecule is CC(C)Oc1cc(Cl)cc(NCc2ncnn2CCF)c1. The zero-order chi connectivity index (χ0) is 15.2. The molecule has 0 fully saturated rings. The molecule has 0 atom stereocenters. The fourth-order valence-electron chi connectivity index (χ4n) is 1.88. The van der Waals surface area contributed by atoms with Gasteiger partial charge in [-0.15, -0.1) is 0 Å². The Balaban J connectivity index is 2.05. The van der Waals surface area contributed by atoms with E-state index in [1.165, 1.54) is 11.0 Å². The van der Waals surface area contributed by atoms with Crippen LogP contribution in [0.15, 0.2) is 24.5 Å². The van der Waals surface area contributed by atoms with E-state index in [9.17, 15) is 4.39 Å². The fraction of sp³-hybridized carbons (Fsp3) is 0.429. The van der Waals surface area contributed by atoms with Crippen molar-refractivity contribution in [3.05, 3.63) is 35.4 Å². The standard InChI is InChI=1S/C14H18ClFN4O/c1-10(2)21-13-6-11(15)5-12(7-13)17-8-14-18-9-19-20(14)4-3-16/h5-7,9-10,17H,3-4,8H2,1-2H3. The summed E-state index contributed by atoms with van der Waals surface area (Å²) >= 11 is 6.07. The Bertz CT molecular complexity index is 588. The van der Waals surface area contributed by atoms with Crippen LogP contribution >= 0.6 is 11.6 Å². The van der Waals surface area contributed by atoms with Crippen LogP contribution in [0.25, 0.3) is 0 Å². The maximum Gasteiger partial charge on any atom is 0.146 e. The quantitative estimate of drug-likeness (QED) is 0.852. The van der Waals surface area contributed by atoms with Crippen LogP contribution < -0.4 is 10.1 Å². The highest BCUT2D eigenvalue weighted by Crippen LogP contribution is 2.25. The molecule has 0 saturated heterocycles. The molecule has 114 valence electrons. The van der Waals surface area contributed by atoms with Gasteiger partial charge in [0, 0.05) is 16.8 Å². The number of ether oxygens (including phenoxy) is 1. The summed E-state index contributed by atoms with van der Waals surface area (Å²) in [7, 11) is 0. The minimum absolute atomic E-state index is 0.0731. The van der Waals surface area contributed by atoms with Crippen molar-refractivity contribution in [3.8, 4) is 5.75 Å². The molecule has 7 heteroatoms. The number of halogens is 2. The number of alkyl halides is 1. The van der Waals surface area contributed by atoms with Gasteiger partial charge < -0.3 is 10.1 Å². The van der Waals surface area contributed by atoms with Gasteiger partial charge in [0.1, 0.15) is 24.6 Å². The average molecular weight is 313 g/mol. The first-order valence-electron chi connectivity index (χ1n) is 6.72. The van der Waals surface area contributed by atoms with Gasteiger partial charge in [-0.1, -0.05) is 11.6 Å². The number of hydrogen-bond acceptors (Lipinski definition) is 4. The fourth-order valence-corrected chi connectivity index (χ4v) is 2.10. The van der Waals surface area contributed by atoms with Crippen LogP contribution in [0, 0.1) is 0 Å². The molecule has 0 aliphatic rings. The second-order valence-corrected chi connectivity index (χ2v) is 5.22. The van der Waals surface area contributed by atoms with Crippen LogP contribution in [-0.4, -0.2) is 27.5 Å². The second-order valence-electron chi connectivity index (χ2n) is 4.78. The van der Waals surface area contributed by atoms with Crippen molar-refractivity contribution in [1.29, 1.82) is 0 Å². The van der Waals surface area contributed by atoms with Crippen LogP contribution in [0.1, 0.15) is 19.7 Å². The molecule has 0 unspecified atom stereocenters. The van der Waals surface area contributed by atoms with Gasteiger partial charge in [-0.05, 0) is 26.0 Å². The maximum absolute atomic E-state index is 12.4. The van der Waals surface area contributed by atoms with Gasteiger partial charge in [0.15, 0.2) is 0 Å². The summed E-state index contributed by atoms with van der Waals surface area (Å²) in [5.74, 6) is 1.36. The highest BCUT2D eigenvalue weighted by molar-refractivity contribution is 6.31. The molecule has 0 bridgehead atoms. The smallest absolute Gasteiger partial charge is 0.146 e. The Kier molecular flexibility index (Phi) is 5.38. The third-order valence-corrected chi connectivity index (χ3v) is 2.90. The Hall–Kier alpha value is -1.82. The van der Waals surface area contributed by atoms with Crippen LogP contribution in [-0.2, 0) is 13.1 Å². The first kappa shape index (κ1) is 15.6. The number of hydrogen-bond donors (Lipinski definition) is 1. The van der Waals surface area contributed by atoms with E-state index >= 15 is 0 Å². The Morgan fingerprint density at radius 3 is 2.90 bits per heavy atom. The van der Waals surface area contributed by atoms with E-state index in [1.807, 2.05) is 19.9 Å². The van der Waals surface area contributed by atoms with Gasteiger partial charge in [0.05, 0.1) is 19.2 Å². The molecular weight excluding hydrogens is 295 g/mol. The molecular formula is C14H18ClFN4O. The summed E-state index contributed by atoms with van der Waals surface area (Å²) in [5, 5.41) is 7.74. The average Bonchev–Trinajstić information content (AvgIpc) is 2.83. The van der Waals surface area contributed by atoms with Crippen molar-refractivity contribution in [2.24, 2.45) is 0 Å². The number of rotatable bonds is 7. The van der Waals surface area contributed by atoms with E-state index in [2.05, 4.69) is 15.4 Å². The number of nitrogens with zero attached hydrogens (tertiary/aromatic N) is 3. The summed E-state index contributed by atoms with van der Waals surface area (Å²) < 4.78 is 19.5. The van der Waals surface area contributed by atoms with Crippen LogP contribution in [0.2, 0.25) is 5.02 Å². The van der Waals surface area contributed by atoms with Crippen molar-refractivity contribution in [3.63, 3.8) is 0 Å². The number of nitrogens with one attached hydrogen (secondary N) is 1. The lowest BCUT2D eigenvalue weighted by atomic mass is 10.3. The third kappa shape index (κ3) is 4.60. The van der Waals surface area contributed by atoms with Crippen molar-refractivity contribution in [2.45, 2.75) is 33.0 Å². The summed E-state index contributed by atoms with van der Waals surface area (Å²) in [6.45, 7) is 4.07. The molecule has 0 aliphatic carbocycles. The summed E-state index contributed by atoms with van der Waals surface area (Å²) in [5.41, 5.74) is 0.813. The normalized spacial score (nSPS) is 10.9. The van der Waals surface area contributed by atoms with E-state index in [4.69, 9.17) is 16.3 Å². The molecule has 0 amide bonds. The highest BCUT2D eigenvalue weighted by atomic mass is 35.5. The van der Waals surface area contributed by atoms with E-state index in [-0.39, 0.29) is 12.6 Å². The van der Waals surface area contributed by atoms with Gasteiger partial charge in [-0.3, -0.25) is 0 Å². The van der Waals surface area contributed by atoms with Gasteiger partial charge in [0.2, 0.25) is 0 Å². The lowest BCUT2D eigenvalue weighted by molar-refractivity contribution is 0.242. The molecule has 2 aromatic rings. The molecule has 5 nitrogen and oxygen atoms in total. The number of aromatic nitrogens is 3. The number of aryl methyl sites for hydroxylation is 1. The van der Waals surface area contributed by atoms with Gasteiger partial charge in [-0.25, -0.2) is 14.1 Å². The lowest BCUT2D eigenvalue weighted by Crippen LogP contribution is -2.11. The first-order chi connectivity index (χ1) is 10.1. The molecule has 2 rings (SSSR count). The van der Waals surface area contributed by atoms with Crippen molar-refractivity contribution < 1.29 is 9.13 Å². The molecule has 21 heavy (non-hydrogen) atoms. The summed E-state index contributed by atoms with van der Waals surface area (Å²) in [4.78, 5) is 4.10. The van der Waals surface area contributed by atoms with Crippen molar-refractivity contribution in [2.75, 3.05) is 12.0 Å². The largest absolute Gasteiger partial charge is 0.491 e. The van der Waals surface area contributed by atoms with Crippen molar-refractivity contribution >= 4 is 17.3 Å². The van der Waals surface area contributed by atoms with Crippen LogP contribution in [0.5, 0.6) is 5.75 Å². The second kappa shape index (κ2) is 7.26. The van der Waals surface area contributed by atoms with E-state index in [0.717, 1.165) is 5.69 Å². The third-order valence-electron chi connectivity index (χ3n) is 2.69. The zero-order valence-corrected chi connectivity index (χ0v) is 12.8. The predicted molar refractivity (Wildman–Crippen MR) is 80.5 cm³/mol. The predicted octanol–water partition coefficient (Wildman–Crippen LogP) is 3.30. The maximum atomic E-state index is 12.4. The summed E-state index contributed by atoms with van der Waals surface area (Å²) in [6.07, 6.45) is 1.49. The van der Waals surface area contributed by atoms with Crippen LogP contribution in [0.4, 0.5) is 10.1 Å². The molecule has 0 radical (unpaired) electrons. The van der Waals surface area contributed by atoms with E-state index in [1.54, 1.807) is 12.1 Å². The number of benzene rings is 1. The molecule has 0 spiro atoms. The Labute approximate surface area is 128 Å². The van der Waals surface area contributed by atoms with Crippen molar-refractivity contribution in [1.82, 2.24) is 14.8 Å². The van der Waals surface area contributed by atoms with Gasteiger partial charge in [-0.2, -0.15) is 5.10 Å². The van der Waals surface area contributed by atoms with Crippen LogP contribution in [0.3, 0.4) is 0 Å². The molecule has 1 aromatic heterocycles.